The van der Waals surface area contributed by atoms with E-state index < -0.39 is 19.7 Å². The molecule has 0 saturated carbocycles. The van der Waals surface area contributed by atoms with Gasteiger partial charge in [-0.15, -0.1) is 0 Å². The van der Waals surface area contributed by atoms with Gasteiger partial charge in [-0.2, -0.15) is 0 Å². The highest BCUT2D eigenvalue weighted by molar-refractivity contribution is 6.77. The largest absolute Gasteiger partial charge is 0.352 e. The maximum Gasteiger partial charge on any atom is 0.192 e. The van der Waals surface area contributed by atoms with Crippen LogP contribution < -0.4 is 0 Å². The number of ketones is 1. The van der Waals surface area contributed by atoms with Gasteiger partial charge < -0.3 is 4.98 Å². The van der Waals surface area contributed by atoms with Crippen LogP contribution in [0.15, 0.2) is 18.2 Å². The van der Waals surface area contributed by atoms with Crippen molar-refractivity contribution in [2.75, 3.05) is 19.6 Å². The number of fused-ring (bicyclic) bond motifs is 1. The highest BCUT2D eigenvalue weighted by atomic mass is 28.3. The second-order valence-electron chi connectivity index (χ2n) is 6.90. The summed E-state index contributed by atoms with van der Waals surface area (Å²) in [6, 6.07) is 5.93. The van der Waals surface area contributed by atoms with Crippen molar-refractivity contribution in [3.63, 3.8) is 0 Å². The number of Topliss-reactive ketones (excluding diaryl/α,β-unsaturated/α-hetero) is 1. The van der Waals surface area contributed by atoms with Gasteiger partial charge in [-0.25, -0.2) is 8.78 Å². The first-order chi connectivity index (χ1) is 10.3. The predicted octanol–water partition coefficient (Wildman–Crippen LogP) is 3.65. The second-order valence-corrected chi connectivity index (χ2v) is 12.2. The lowest BCUT2D eigenvalue weighted by Gasteiger charge is -2.35. The maximum absolute atomic E-state index is 13.7. The van der Waals surface area contributed by atoms with Crippen LogP contribution in [0, 0.1) is 11.6 Å². The van der Waals surface area contributed by atoms with Crippen molar-refractivity contribution in [2.24, 2.45) is 0 Å². The molecule has 22 heavy (non-hydrogen) atoms. The summed E-state index contributed by atoms with van der Waals surface area (Å²) >= 11 is 0. The minimum Gasteiger partial charge on any atom is -0.352 e. The fraction of sp³-hybridized carbons (Fsp3) is 0.438. The summed E-state index contributed by atoms with van der Waals surface area (Å²) in [5.41, 5.74) is 0.676. The van der Waals surface area contributed by atoms with Crippen molar-refractivity contribution in [1.29, 1.82) is 0 Å². The molecule has 118 valence electrons. The maximum atomic E-state index is 13.7. The molecule has 1 fully saturated rings. The quantitative estimate of drug-likeness (QED) is 0.691. The van der Waals surface area contributed by atoms with Crippen molar-refractivity contribution in [3.05, 3.63) is 35.5 Å². The van der Waals surface area contributed by atoms with Crippen LogP contribution in [0.3, 0.4) is 0 Å². The van der Waals surface area contributed by atoms with Gasteiger partial charge in [0, 0.05) is 19.5 Å². The zero-order chi connectivity index (χ0) is 15.9. The summed E-state index contributed by atoms with van der Waals surface area (Å²) in [6.45, 7) is 6.99. The predicted molar refractivity (Wildman–Crippen MR) is 86.1 cm³/mol. The van der Waals surface area contributed by atoms with E-state index in [9.17, 15) is 13.6 Å². The van der Waals surface area contributed by atoms with Crippen molar-refractivity contribution in [3.8, 4) is 0 Å². The number of hydrogen-bond acceptors (Lipinski definition) is 2. The SMILES string of the molecule is C[Si]1(C)CCN(CC(=O)c2cc3c(F)cc(F)cc3[nH]2)CC1. The third-order valence-electron chi connectivity index (χ3n) is 4.53. The fourth-order valence-corrected chi connectivity index (χ4v) is 5.01. The molecule has 1 N–H and O–H groups in total. The first-order valence-corrected chi connectivity index (χ1v) is 11.0. The van der Waals surface area contributed by atoms with Crippen LogP contribution in [-0.4, -0.2) is 43.4 Å². The van der Waals surface area contributed by atoms with Crippen LogP contribution in [-0.2, 0) is 0 Å². The summed E-state index contributed by atoms with van der Waals surface area (Å²) in [5, 5.41) is 0.261. The molecule has 0 spiro atoms. The van der Waals surface area contributed by atoms with Gasteiger partial charge in [0.1, 0.15) is 11.6 Å². The van der Waals surface area contributed by atoms with E-state index in [2.05, 4.69) is 23.0 Å². The van der Waals surface area contributed by atoms with Gasteiger partial charge in [0.15, 0.2) is 5.78 Å². The number of hydrogen-bond donors (Lipinski definition) is 1. The van der Waals surface area contributed by atoms with E-state index in [1.54, 1.807) is 0 Å². The first-order valence-electron chi connectivity index (χ1n) is 7.57. The zero-order valence-corrected chi connectivity index (χ0v) is 13.9. The highest BCUT2D eigenvalue weighted by Crippen LogP contribution is 2.23. The highest BCUT2D eigenvalue weighted by Gasteiger charge is 2.28. The Morgan fingerprint density at radius 3 is 2.59 bits per heavy atom. The molecular formula is C16H20F2N2OSi. The molecule has 1 saturated heterocycles. The Labute approximate surface area is 129 Å². The van der Waals surface area contributed by atoms with E-state index in [0.717, 1.165) is 19.2 Å². The third-order valence-corrected chi connectivity index (χ3v) is 7.68. The summed E-state index contributed by atoms with van der Waals surface area (Å²) in [6.07, 6.45) is 0. The van der Waals surface area contributed by atoms with Crippen molar-refractivity contribution in [2.45, 2.75) is 25.2 Å². The van der Waals surface area contributed by atoms with E-state index in [1.165, 1.54) is 24.2 Å². The number of nitrogens with zero attached hydrogens (tertiary/aromatic N) is 1. The van der Waals surface area contributed by atoms with Crippen molar-refractivity contribution >= 4 is 24.8 Å². The topological polar surface area (TPSA) is 36.1 Å². The molecule has 0 unspecified atom stereocenters. The van der Waals surface area contributed by atoms with Crippen LogP contribution >= 0.6 is 0 Å². The van der Waals surface area contributed by atoms with Crippen molar-refractivity contribution in [1.82, 2.24) is 9.88 Å². The van der Waals surface area contributed by atoms with Crippen LogP contribution in [0.2, 0.25) is 25.2 Å². The minimum atomic E-state index is -1.05. The number of carbonyl (C=O) groups is 1. The molecule has 0 amide bonds. The average molecular weight is 322 g/mol. The molecule has 3 nitrogen and oxygen atoms in total. The number of nitrogens with one attached hydrogen (secondary N) is 1. The van der Waals surface area contributed by atoms with Crippen LogP contribution in [0.5, 0.6) is 0 Å². The first kappa shape index (κ1) is 15.4. The molecule has 0 atom stereocenters. The van der Waals surface area contributed by atoms with Crippen molar-refractivity contribution < 1.29 is 13.6 Å². The van der Waals surface area contributed by atoms with Gasteiger partial charge in [0.25, 0.3) is 0 Å². The molecular weight excluding hydrogens is 302 g/mol. The normalized spacial score (nSPS) is 18.7. The molecule has 2 aromatic rings. The Morgan fingerprint density at radius 2 is 1.91 bits per heavy atom. The molecule has 1 aromatic carbocycles. The second kappa shape index (κ2) is 5.59. The Morgan fingerprint density at radius 1 is 1.23 bits per heavy atom. The number of aromatic nitrogens is 1. The molecule has 6 heteroatoms. The van der Waals surface area contributed by atoms with Gasteiger partial charge in [0.05, 0.1) is 17.8 Å². The molecule has 1 aliphatic heterocycles. The molecule has 0 aliphatic carbocycles. The number of rotatable bonds is 3. The van der Waals surface area contributed by atoms with Gasteiger partial charge in [-0.1, -0.05) is 13.1 Å². The number of aromatic amines is 1. The summed E-state index contributed by atoms with van der Waals surface area (Å²) in [4.78, 5) is 17.4. The lowest BCUT2D eigenvalue weighted by atomic mass is 10.2. The summed E-state index contributed by atoms with van der Waals surface area (Å²) < 4.78 is 26.9. The number of halogens is 2. The smallest absolute Gasteiger partial charge is 0.192 e. The monoisotopic (exact) mass is 322 g/mol. The van der Waals surface area contributed by atoms with Gasteiger partial charge in [-0.3, -0.25) is 9.69 Å². The zero-order valence-electron chi connectivity index (χ0n) is 12.9. The van der Waals surface area contributed by atoms with E-state index in [0.29, 0.717) is 17.8 Å². The minimum absolute atomic E-state index is 0.0719. The van der Waals surface area contributed by atoms with Crippen LogP contribution in [0.1, 0.15) is 10.5 Å². The summed E-state index contributed by atoms with van der Waals surface area (Å²) in [7, 11) is -1.05. The van der Waals surface area contributed by atoms with Gasteiger partial charge >= 0.3 is 0 Å². The van der Waals surface area contributed by atoms with Gasteiger partial charge in [-0.05, 0) is 37.3 Å². The Bertz CT molecular complexity index is 716. The fourth-order valence-electron chi connectivity index (χ4n) is 2.92. The number of H-pyrrole nitrogens is 1. The lowest BCUT2D eigenvalue weighted by molar-refractivity contribution is 0.0930. The molecule has 0 bridgehead atoms. The average Bonchev–Trinajstić information content (AvgIpc) is 2.85. The Hall–Kier alpha value is -1.53. The van der Waals surface area contributed by atoms with E-state index in [4.69, 9.17) is 0 Å². The molecule has 1 aliphatic rings. The molecule has 0 radical (unpaired) electrons. The van der Waals surface area contributed by atoms with Gasteiger partial charge in [0.2, 0.25) is 0 Å². The lowest BCUT2D eigenvalue weighted by Crippen LogP contribution is -2.44. The van der Waals surface area contributed by atoms with E-state index in [-0.39, 0.29) is 11.2 Å². The number of benzene rings is 1. The molecule has 3 rings (SSSR count). The third kappa shape index (κ3) is 3.12. The van der Waals surface area contributed by atoms with E-state index >= 15 is 0 Å². The van der Waals surface area contributed by atoms with Crippen LogP contribution in [0.25, 0.3) is 10.9 Å². The molecule has 1 aromatic heterocycles. The number of carbonyl (C=O) groups excluding carboxylic acids is 1. The standard InChI is InChI=1S/C16H20F2N2OSi/c1-22(2)5-3-20(4-6-22)10-16(21)15-9-12-13(18)7-11(17)8-14(12)19-15/h7-9,19H,3-6,10H2,1-2H3. The van der Waals surface area contributed by atoms with E-state index in [1.807, 2.05) is 0 Å². The Balaban J connectivity index is 1.74. The van der Waals surface area contributed by atoms with Crippen LogP contribution in [0.4, 0.5) is 8.78 Å². The summed E-state index contributed by atoms with van der Waals surface area (Å²) in [5.74, 6) is -1.36. The Kier molecular flexibility index (Phi) is 3.90. The molecule has 2 heterocycles.